The highest BCUT2D eigenvalue weighted by Crippen LogP contribution is 2.16. The van der Waals surface area contributed by atoms with E-state index in [0.717, 1.165) is 29.9 Å². The van der Waals surface area contributed by atoms with Crippen molar-refractivity contribution in [1.29, 1.82) is 0 Å². The molecule has 0 spiro atoms. The molecule has 0 radical (unpaired) electrons. The molecule has 2 aromatic carbocycles. The lowest BCUT2D eigenvalue weighted by Crippen LogP contribution is -2.22. The van der Waals surface area contributed by atoms with Crippen LogP contribution in [0.1, 0.15) is 24.5 Å². The molecule has 0 saturated carbocycles. The molecule has 2 rings (SSSR count). The van der Waals surface area contributed by atoms with Gasteiger partial charge in [-0.2, -0.15) is 0 Å². The first-order valence-electron chi connectivity index (χ1n) is 8.58. The second-order valence-electron chi connectivity index (χ2n) is 5.58. The van der Waals surface area contributed by atoms with Gasteiger partial charge in [0.2, 0.25) is 0 Å². The molecule has 3 nitrogen and oxygen atoms in total. The highest BCUT2D eigenvalue weighted by molar-refractivity contribution is 5.48. The zero-order valence-electron chi connectivity index (χ0n) is 14.8. The van der Waals surface area contributed by atoms with Crippen LogP contribution in [0.5, 0.6) is 11.5 Å². The van der Waals surface area contributed by atoms with Crippen LogP contribution in [0, 0.1) is 0 Å². The number of ether oxygens (including phenoxy) is 3. The van der Waals surface area contributed by atoms with Crippen molar-refractivity contribution in [2.45, 2.75) is 26.1 Å². The summed E-state index contributed by atoms with van der Waals surface area (Å²) in [5.41, 5.74) is 2.29. The minimum Gasteiger partial charge on any atom is -0.491 e. The van der Waals surface area contributed by atoms with Crippen molar-refractivity contribution >= 4 is 6.08 Å². The molecule has 0 fully saturated rings. The molecule has 0 aliphatic rings. The SMILES string of the molecule is C=CCc1ccc(OCCOC(CC)Oc2ccc(C=C)cc2)cc1. The molecular formula is C22H26O3. The van der Waals surface area contributed by atoms with E-state index in [0.29, 0.717) is 13.2 Å². The lowest BCUT2D eigenvalue weighted by molar-refractivity contribution is -0.0880. The van der Waals surface area contributed by atoms with Gasteiger partial charge < -0.3 is 14.2 Å². The summed E-state index contributed by atoms with van der Waals surface area (Å²) in [5, 5.41) is 0. The molecule has 0 bridgehead atoms. The van der Waals surface area contributed by atoms with Gasteiger partial charge in [-0.15, -0.1) is 6.58 Å². The molecule has 3 heteroatoms. The molecule has 0 aromatic heterocycles. The maximum absolute atomic E-state index is 5.84. The van der Waals surface area contributed by atoms with Gasteiger partial charge in [-0.1, -0.05) is 49.9 Å². The van der Waals surface area contributed by atoms with E-state index in [9.17, 15) is 0 Å². The highest BCUT2D eigenvalue weighted by Gasteiger charge is 2.08. The minimum atomic E-state index is -0.284. The molecule has 2 aromatic rings. The van der Waals surface area contributed by atoms with E-state index in [2.05, 4.69) is 13.2 Å². The van der Waals surface area contributed by atoms with E-state index in [1.807, 2.05) is 61.5 Å². The third-order valence-electron chi connectivity index (χ3n) is 3.68. The molecule has 0 saturated heterocycles. The van der Waals surface area contributed by atoms with Crippen LogP contribution in [0.15, 0.2) is 67.8 Å². The maximum atomic E-state index is 5.84. The summed E-state index contributed by atoms with van der Waals surface area (Å²) >= 11 is 0. The summed E-state index contributed by atoms with van der Waals surface area (Å²) in [6.45, 7) is 10.5. The van der Waals surface area contributed by atoms with Gasteiger partial charge >= 0.3 is 0 Å². The monoisotopic (exact) mass is 338 g/mol. The summed E-state index contributed by atoms with van der Waals surface area (Å²) in [4.78, 5) is 0. The standard InChI is InChI=1S/C22H26O3/c1-4-7-19-10-12-20(13-11-19)23-16-17-24-22(6-3)25-21-14-8-18(5-2)9-15-21/h4-5,8-15,22H,1-2,6-7,16-17H2,3H3. The number of rotatable bonds is 11. The molecular weight excluding hydrogens is 312 g/mol. The Balaban J connectivity index is 1.72. The first-order chi connectivity index (χ1) is 12.2. The fourth-order valence-corrected chi connectivity index (χ4v) is 2.30. The highest BCUT2D eigenvalue weighted by atomic mass is 16.7. The number of benzene rings is 2. The average molecular weight is 338 g/mol. The second-order valence-corrected chi connectivity index (χ2v) is 5.58. The first-order valence-corrected chi connectivity index (χ1v) is 8.58. The lowest BCUT2D eigenvalue weighted by Gasteiger charge is -2.18. The zero-order chi connectivity index (χ0) is 17.9. The van der Waals surface area contributed by atoms with E-state index in [1.165, 1.54) is 5.56 Å². The van der Waals surface area contributed by atoms with Gasteiger partial charge in [0.15, 0.2) is 6.29 Å². The Morgan fingerprint density at radius 2 is 1.60 bits per heavy atom. The molecule has 132 valence electrons. The van der Waals surface area contributed by atoms with Gasteiger partial charge in [0, 0.05) is 6.42 Å². The van der Waals surface area contributed by atoms with Crippen molar-refractivity contribution in [3.05, 3.63) is 78.9 Å². The fraction of sp³-hybridized carbons (Fsp3) is 0.273. The Kier molecular flexibility index (Phi) is 7.80. The van der Waals surface area contributed by atoms with Crippen LogP contribution in [0.25, 0.3) is 6.08 Å². The topological polar surface area (TPSA) is 27.7 Å². The van der Waals surface area contributed by atoms with Crippen LogP contribution in [-0.2, 0) is 11.2 Å². The van der Waals surface area contributed by atoms with Crippen molar-refractivity contribution in [3.63, 3.8) is 0 Å². The third kappa shape index (κ3) is 6.48. The van der Waals surface area contributed by atoms with E-state index in [4.69, 9.17) is 14.2 Å². The third-order valence-corrected chi connectivity index (χ3v) is 3.68. The zero-order valence-corrected chi connectivity index (χ0v) is 14.8. The minimum absolute atomic E-state index is 0.284. The Morgan fingerprint density at radius 3 is 2.20 bits per heavy atom. The number of hydrogen-bond donors (Lipinski definition) is 0. The van der Waals surface area contributed by atoms with E-state index >= 15 is 0 Å². The smallest absolute Gasteiger partial charge is 0.199 e. The quantitative estimate of drug-likeness (QED) is 0.317. The van der Waals surface area contributed by atoms with E-state index in [-0.39, 0.29) is 6.29 Å². The largest absolute Gasteiger partial charge is 0.491 e. The Hall–Kier alpha value is -2.52. The molecule has 0 heterocycles. The van der Waals surface area contributed by atoms with Crippen LogP contribution in [-0.4, -0.2) is 19.5 Å². The van der Waals surface area contributed by atoms with Gasteiger partial charge in [-0.3, -0.25) is 0 Å². The first kappa shape index (κ1) is 18.8. The van der Waals surface area contributed by atoms with Gasteiger partial charge in [-0.05, 0) is 41.8 Å². The predicted molar refractivity (Wildman–Crippen MR) is 103 cm³/mol. The van der Waals surface area contributed by atoms with Gasteiger partial charge in [0.05, 0.1) is 6.61 Å². The van der Waals surface area contributed by atoms with Crippen LogP contribution in [0.2, 0.25) is 0 Å². The van der Waals surface area contributed by atoms with Gasteiger partial charge in [0.25, 0.3) is 0 Å². The van der Waals surface area contributed by atoms with Crippen LogP contribution >= 0.6 is 0 Å². The van der Waals surface area contributed by atoms with Crippen molar-refractivity contribution in [3.8, 4) is 11.5 Å². The van der Waals surface area contributed by atoms with Crippen molar-refractivity contribution < 1.29 is 14.2 Å². The fourth-order valence-electron chi connectivity index (χ4n) is 2.30. The summed E-state index contributed by atoms with van der Waals surface area (Å²) in [7, 11) is 0. The molecule has 0 N–H and O–H groups in total. The molecule has 0 amide bonds. The van der Waals surface area contributed by atoms with Crippen LogP contribution in [0.3, 0.4) is 0 Å². The van der Waals surface area contributed by atoms with Crippen LogP contribution in [0.4, 0.5) is 0 Å². The van der Waals surface area contributed by atoms with Crippen molar-refractivity contribution in [2.24, 2.45) is 0 Å². The van der Waals surface area contributed by atoms with Crippen LogP contribution < -0.4 is 9.47 Å². The molecule has 0 aliphatic heterocycles. The molecule has 1 atom stereocenters. The predicted octanol–water partition coefficient (Wildman–Crippen LogP) is 5.27. The number of allylic oxidation sites excluding steroid dienone is 1. The van der Waals surface area contributed by atoms with Crippen molar-refractivity contribution in [2.75, 3.05) is 13.2 Å². The summed E-state index contributed by atoms with van der Waals surface area (Å²) in [6.07, 6.45) is 5.04. The second kappa shape index (κ2) is 10.4. The Bertz CT molecular complexity index is 644. The summed E-state index contributed by atoms with van der Waals surface area (Å²) < 4.78 is 17.3. The number of hydrogen-bond acceptors (Lipinski definition) is 3. The summed E-state index contributed by atoms with van der Waals surface area (Å²) in [5.74, 6) is 1.63. The van der Waals surface area contributed by atoms with Crippen molar-refractivity contribution in [1.82, 2.24) is 0 Å². The average Bonchev–Trinajstić information content (AvgIpc) is 2.66. The molecule has 1 unspecified atom stereocenters. The Labute approximate surface area is 150 Å². The van der Waals surface area contributed by atoms with E-state index < -0.39 is 0 Å². The Morgan fingerprint density at radius 1 is 0.920 bits per heavy atom. The van der Waals surface area contributed by atoms with Gasteiger partial charge in [0.1, 0.15) is 18.1 Å². The maximum Gasteiger partial charge on any atom is 0.199 e. The van der Waals surface area contributed by atoms with Gasteiger partial charge in [-0.25, -0.2) is 0 Å². The normalized spacial score (nSPS) is 11.6. The summed E-state index contributed by atoms with van der Waals surface area (Å²) in [6, 6.07) is 15.8. The lowest BCUT2D eigenvalue weighted by atomic mass is 10.1. The molecule has 0 aliphatic carbocycles. The van der Waals surface area contributed by atoms with E-state index in [1.54, 1.807) is 6.08 Å². The molecule has 25 heavy (non-hydrogen) atoms.